The van der Waals surface area contributed by atoms with E-state index < -0.39 is 12.1 Å². The standard InChI is InChI=1S/C21H28N4O2/c1-5-22-21(27)23-20(26)19(17-9-7-6-8-10-17)25(4)15-16-11-13-18(14-12-16)24(2)3/h6-14,19H,5,15H2,1-4H3,(H2,22,23,26,27)/t19-/m0/s1. The lowest BCUT2D eigenvalue weighted by atomic mass is 10.0. The summed E-state index contributed by atoms with van der Waals surface area (Å²) in [5.74, 6) is -0.348. The van der Waals surface area contributed by atoms with Gasteiger partial charge in [0.15, 0.2) is 0 Å². The Morgan fingerprint density at radius 1 is 0.963 bits per heavy atom. The molecule has 0 aliphatic rings. The number of anilines is 1. The minimum atomic E-state index is -0.567. The predicted octanol–water partition coefficient (Wildman–Crippen LogP) is 2.77. The number of nitrogens with one attached hydrogen (secondary N) is 2. The summed E-state index contributed by atoms with van der Waals surface area (Å²) in [6.45, 7) is 2.85. The fraction of sp³-hybridized carbons (Fsp3) is 0.333. The molecule has 0 unspecified atom stereocenters. The Bertz CT molecular complexity index is 745. The SMILES string of the molecule is CCNC(=O)NC(=O)[C@H](c1ccccc1)N(C)Cc1ccc(N(C)C)cc1. The molecule has 6 heteroatoms. The molecule has 2 rings (SSSR count). The van der Waals surface area contributed by atoms with Gasteiger partial charge in [0.05, 0.1) is 0 Å². The van der Waals surface area contributed by atoms with Gasteiger partial charge in [0.25, 0.3) is 0 Å². The lowest BCUT2D eigenvalue weighted by Gasteiger charge is -2.27. The highest BCUT2D eigenvalue weighted by Gasteiger charge is 2.26. The lowest BCUT2D eigenvalue weighted by molar-refractivity contribution is -0.125. The number of hydrogen-bond acceptors (Lipinski definition) is 4. The summed E-state index contributed by atoms with van der Waals surface area (Å²) >= 11 is 0. The first-order valence-electron chi connectivity index (χ1n) is 9.02. The molecule has 0 spiro atoms. The molecule has 2 aromatic rings. The fourth-order valence-electron chi connectivity index (χ4n) is 2.91. The molecule has 2 aromatic carbocycles. The first-order valence-corrected chi connectivity index (χ1v) is 9.02. The van der Waals surface area contributed by atoms with Crippen LogP contribution in [0.3, 0.4) is 0 Å². The minimum Gasteiger partial charge on any atom is -0.378 e. The van der Waals surface area contributed by atoms with Crippen LogP contribution in [0, 0.1) is 0 Å². The van der Waals surface area contributed by atoms with Gasteiger partial charge in [-0.2, -0.15) is 0 Å². The van der Waals surface area contributed by atoms with Crippen LogP contribution in [0.4, 0.5) is 10.5 Å². The van der Waals surface area contributed by atoms with Crippen LogP contribution in [0.5, 0.6) is 0 Å². The molecule has 27 heavy (non-hydrogen) atoms. The number of amides is 3. The number of hydrogen-bond donors (Lipinski definition) is 2. The van der Waals surface area contributed by atoms with E-state index >= 15 is 0 Å². The third-order valence-electron chi connectivity index (χ3n) is 4.26. The topological polar surface area (TPSA) is 64.7 Å². The van der Waals surface area contributed by atoms with Gasteiger partial charge in [-0.15, -0.1) is 0 Å². The summed E-state index contributed by atoms with van der Waals surface area (Å²) in [4.78, 5) is 28.6. The van der Waals surface area contributed by atoms with Gasteiger partial charge in [0, 0.05) is 32.9 Å². The summed E-state index contributed by atoms with van der Waals surface area (Å²) in [6.07, 6.45) is 0. The minimum absolute atomic E-state index is 0.348. The number of carbonyl (C=O) groups excluding carboxylic acids is 2. The Morgan fingerprint density at radius 2 is 1.59 bits per heavy atom. The molecule has 0 aliphatic carbocycles. The average molecular weight is 368 g/mol. The van der Waals surface area contributed by atoms with Gasteiger partial charge in [0.2, 0.25) is 5.91 Å². The second-order valence-electron chi connectivity index (χ2n) is 6.64. The lowest BCUT2D eigenvalue weighted by Crippen LogP contribution is -2.45. The van der Waals surface area contributed by atoms with Crippen molar-refractivity contribution in [2.75, 3.05) is 32.6 Å². The van der Waals surface area contributed by atoms with Crippen molar-refractivity contribution in [3.63, 3.8) is 0 Å². The number of benzene rings is 2. The molecule has 2 N–H and O–H groups in total. The molecule has 0 aromatic heterocycles. The van der Waals surface area contributed by atoms with Gasteiger partial charge >= 0.3 is 6.03 Å². The maximum Gasteiger partial charge on any atom is 0.321 e. The van der Waals surface area contributed by atoms with E-state index in [1.165, 1.54) is 0 Å². The van der Waals surface area contributed by atoms with E-state index in [1.807, 2.05) is 68.2 Å². The molecule has 144 valence electrons. The molecule has 0 saturated carbocycles. The largest absolute Gasteiger partial charge is 0.378 e. The monoisotopic (exact) mass is 368 g/mol. The van der Waals surface area contributed by atoms with Crippen LogP contribution in [0.25, 0.3) is 0 Å². The molecule has 0 fully saturated rings. The maximum absolute atomic E-state index is 12.8. The quantitative estimate of drug-likeness (QED) is 0.789. The smallest absolute Gasteiger partial charge is 0.321 e. The third-order valence-corrected chi connectivity index (χ3v) is 4.26. The number of carbonyl (C=O) groups is 2. The number of nitrogens with zero attached hydrogens (tertiary/aromatic N) is 2. The zero-order chi connectivity index (χ0) is 19.8. The third kappa shape index (κ3) is 5.82. The van der Waals surface area contributed by atoms with E-state index in [1.54, 1.807) is 0 Å². The van der Waals surface area contributed by atoms with E-state index in [0.29, 0.717) is 13.1 Å². The summed E-state index contributed by atoms with van der Waals surface area (Å²) < 4.78 is 0. The normalized spacial score (nSPS) is 11.7. The molecule has 3 amide bonds. The van der Waals surface area contributed by atoms with Crippen LogP contribution in [-0.2, 0) is 11.3 Å². The van der Waals surface area contributed by atoms with Crippen LogP contribution >= 0.6 is 0 Å². The Kier molecular flexibility index (Phi) is 7.37. The zero-order valence-corrected chi connectivity index (χ0v) is 16.4. The van der Waals surface area contributed by atoms with Crippen LogP contribution in [0.1, 0.15) is 24.1 Å². The van der Waals surface area contributed by atoms with E-state index in [0.717, 1.165) is 16.8 Å². The first-order chi connectivity index (χ1) is 12.9. The summed E-state index contributed by atoms with van der Waals surface area (Å²) in [5.41, 5.74) is 3.05. The number of urea groups is 1. The van der Waals surface area contributed by atoms with Crippen molar-refractivity contribution in [3.05, 3.63) is 65.7 Å². The van der Waals surface area contributed by atoms with Crippen LogP contribution < -0.4 is 15.5 Å². The van der Waals surface area contributed by atoms with Crippen molar-refractivity contribution in [1.29, 1.82) is 0 Å². The maximum atomic E-state index is 12.8. The van der Waals surface area contributed by atoms with E-state index in [2.05, 4.69) is 34.9 Å². The van der Waals surface area contributed by atoms with Crippen LogP contribution in [0.15, 0.2) is 54.6 Å². The summed E-state index contributed by atoms with van der Waals surface area (Å²) in [5, 5.41) is 5.03. The van der Waals surface area contributed by atoms with Crippen molar-refractivity contribution in [2.45, 2.75) is 19.5 Å². The Morgan fingerprint density at radius 3 is 2.15 bits per heavy atom. The van der Waals surface area contributed by atoms with Crippen molar-refractivity contribution < 1.29 is 9.59 Å². The first kappa shape index (κ1) is 20.5. The molecule has 1 atom stereocenters. The van der Waals surface area contributed by atoms with Gasteiger partial charge in [-0.1, -0.05) is 42.5 Å². The highest BCUT2D eigenvalue weighted by Crippen LogP contribution is 2.22. The van der Waals surface area contributed by atoms with Crippen LogP contribution in [0.2, 0.25) is 0 Å². The molecular weight excluding hydrogens is 340 g/mol. The molecule has 0 saturated heterocycles. The predicted molar refractivity (Wildman–Crippen MR) is 109 cm³/mol. The van der Waals surface area contributed by atoms with E-state index in [4.69, 9.17) is 0 Å². The molecule has 6 nitrogen and oxygen atoms in total. The van der Waals surface area contributed by atoms with Crippen molar-refractivity contribution in [2.24, 2.45) is 0 Å². The molecule has 0 aliphatic heterocycles. The molecular formula is C21H28N4O2. The number of rotatable bonds is 7. The Hall–Kier alpha value is -2.86. The Balaban J connectivity index is 2.19. The Labute approximate surface area is 161 Å². The van der Waals surface area contributed by atoms with Crippen LogP contribution in [-0.4, -0.2) is 44.5 Å². The molecule has 0 heterocycles. The average Bonchev–Trinajstić information content (AvgIpc) is 2.63. The van der Waals surface area contributed by atoms with Gasteiger partial charge in [-0.05, 0) is 37.2 Å². The summed E-state index contributed by atoms with van der Waals surface area (Å²) in [6, 6.07) is 16.6. The number of likely N-dealkylation sites (N-methyl/N-ethyl adjacent to an activating group) is 1. The van der Waals surface area contributed by atoms with Crippen molar-refractivity contribution in [1.82, 2.24) is 15.5 Å². The van der Waals surface area contributed by atoms with Gasteiger partial charge in [0.1, 0.15) is 6.04 Å². The molecule has 0 bridgehead atoms. The number of imide groups is 1. The second-order valence-corrected chi connectivity index (χ2v) is 6.64. The zero-order valence-electron chi connectivity index (χ0n) is 16.4. The highest BCUT2D eigenvalue weighted by atomic mass is 16.2. The summed E-state index contributed by atoms with van der Waals surface area (Å²) in [7, 11) is 5.88. The van der Waals surface area contributed by atoms with Gasteiger partial charge < -0.3 is 10.2 Å². The van der Waals surface area contributed by atoms with Crippen molar-refractivity contribution >= 4 is 17.6 Å². The molecule has 0 radical (unpaired) electrons. The fourth-order valence-corrected chi connectivity index (χ4v) is 2.91. The van der Waals surface area contributed by atoms with E-state index in [-0.39, 0.29) is 5.91 Å². The van der Waals surface area contributed by atoms with Crippen molar-refractivity contribution in [3.8, 4) is 0 Å². The second kappa shape index (κ2) is 9.73. The van der Waals surface area contributed by atoms with Gasteiger partial charge in [-0.3, -0.25) is 15.0 Å². The van der Waals surface area contributed by atoms with Gasteiger partial charge in [-0.25, -0.2) is 4.79 Å². The van der Waals surface area contributed by atoms with E-state index in [9.17, 15) is 9.59 Å². The highest BCUT2D eigenvalue weighted by molar-refractivity contribution is 5.97.